The predicted molar refractivity (Wildman–Crippen MR) is 77.1 cm³/mol. The van der Waals surface area contributed by atoms with Crippen LogP contribution in [0.5, 0.6) is 0 Å². The molecule has 0 amide bonds. The number of carbonyl (C=O) groups excluding carboxylic acids is 4. The van der Waals surface area contributed by atoms with E-state index < -0.39 is 0 Å². The average molecular weight is 292 g/mol. The number of carbonyl (C=O) groups is 2. The molecule has 2 rings (SSSR count). The van der Waals surface area contributed by atoms with Crippen LogP contribution in [0.2, 0.25) is 0 Å². The maximum Gasteiger partial charge on any atom is 0.373 e. The van der Waals surface area contributed by atoms with E-state index in [2.05, 4.69) is 20.4 Å². The van der Waals surface area contributed by atoms with Gasteiger partial charge in [0.1, 0.15) is 11.6 Å². The van der Waals surface area contributed by atoms with Crippen molar-refractivity contribution in [3.63, 3.8) is 0 Å². The summed E-state index contributed by atoms with van der Waals surface area (Å²) >= 11 is 0. The lowest BCUT2D eigenvalue weighted by atomic mass is 9.50. The maximum atomic E-state index is 12.4. The maximum absolute atomic E-state index is 12.4. The van der Waals surface area contributed by atoms with Crippen LogP contribution in [0.3, 0.4) is 0 Å². The summed E-state index contributed by atoms with van der Waals surface area (Å²) in [6.07, 6.45) is 5.71. The van der Waals surface area contributed by atoms with Crippen molar-refractivity contribution in [3.8, 4) is 0 Å². The van der Waals surface area contributed by atoms with Gasteiger partial charge in [-0.05, 0) is 43.4 Å². The molecule has 4 nitrogen and oxygen atoms in total. The van der Waals surface area contributed by atoms with E-state index in [1.54, 1.807) is 6.92 Å². The predicted octanol–water partition coefficient (Wildman–Crippen LogP) is 2.83. The molecule has 5 atom stereocenters. The summed E-state index contributed by atoms with van der Waals surface area (Å²) in [5.74, 6) is 1.21. The van der Waals surface area contributed by atoms with Crippen LogP contribution in [0.4, 0.5) is 0 Å². The number of hydrogen-bond donors (Lipinski definition) is 0. The van der Waals surface area contributed by atoms with E-state index in [0.29, 0.717) is 18.1 Å². The Kier molecular flexibility index (Phi) is 5.79. The Labute approximate surface area is 126 Å². The molecule has 0 heterocycles. The van der Waals surface area contributed by atoms with Crippen LogP contribution in [0.25, 0.3) is 0 Å². The quantitative estimate of drug-likeness (QED) is 0.734. The third-order valence-electron chi connectivity index (χ3n) is 5.64. The first-order chi connectivity index (χ1) is 9.83. The van der Waals surface area contributed by atoms with Crippen molar-refractivity contribution in [2.75, 3.05) is 0 Å². The Balaban J connectivity index is 0.000000677. The third-order valence-corrected chi connectivity index (χ3v) is 5.64. The van der Waals surface area contributed by atoms with Crippen molar-refractivity contribution in [3.05, 3.63) is 12.7 Å². The van der Waals surface area contributed by atoms with Crippen LogP contribution in [-0.4, -0.2) is 17.7 Å². The molecule has 0 aromatic heterocycles. The topological polar surface area (TPSA) is 68.3 Å². The zero-order valence-electron chi connectivity index (χ0n) is 13.1. The number of rotatable bonds is 2. The standard InChI is InChI=1S/C16H24O2.CO2/c1-5-12-13(11(3)17)8-9-16(4)10(2)6-7-14(18)15(12)16;2-1-3/h5,10,12-13,15H,1,6-9H2,2-4H3;/t10-,12+,13+,15+,16+;/m1./s1. The van der Waals surface area contributed by atoms with Crippen molar-refractivity contribution in [2.45, 2.75) is 46.5 Å². The third kappa shape index (κ3) is 3.21. The zero-order chi connectivity index (χ0) is 16.2. The van der Waals surface area contributed by atoms with E-state index in [9.17, 15) is 9.59 Å². The highest BCUT2D eigenvalue weighted by Gasteiger charge is 2.53. The Morgan fingerprint density at radius 1 is 1.38 bits per heavy atom. The molecule has 0 bridgehead atoms. The van der Waals surface area contributed by atoms with Gasteiger partial charge < -0.3 is 0 Å². The highest BCUT2D eigenvalue weighted by molar-refractivity contribution is 5.86. The number of ketones is 2. The number of fused-ring (bicyclic) bond motifs is 1. The summed E-state index contributed by atoms with van der Waals surface area (Å²) in [6, 6.07) is 0. The molecule has 0 unspecified atom stereocenters. The SMILES string of the molecule is C=C[C@@H]1[C@H]2C(=O)CC[C@@H](C)[C@]2(C)CC[C@H]1C(C)=O.O=C=O. The van der Waals surface area contributed by atoms with Crippen LogP contribution in [0, 0.1) is 29.1 Å². The summed E-state index contributed by atoms with van der Waals surface area (Å²) < 4.78 is 0. The Morgan fingerprint density at radius 2 is 1.95 bits per heavy atom. The molecule has 0 radical (unpaired) electrons. The van der Waals surface area contributed by atoms with E-state index in [1.807, 2.05) is 6.08 Å². The molecule has 0 aliphatic heterocycles. The second kappa shape index (κ2) is 6.95. The lowest BCUT2D eigenvalue weighted by Gasteiger charge is -2.53. The van der Waals surface area contributed by atoms with Crippen LogP contribution in [-0.2, 0) is 19.2 Å². The van der Waals surface area contributed by atoms with E-state index >= 15 is 0 Å². The lowest BCUT2D eigenvalue weighted by Crippen LogP contribution is -2.52. The summed E-state index contributed by atoms with van der Waals surface area (Å²) in [5.41, 5.74) is 0.0696. The monoisotopic (exact) mass is 292 g/mol. The molecule has 4 heteroatoms. The molecule has 116 valence electrons. The van der Waals surface area contributed by atoms with Gasteiger partial charge in [0, 0.05) is 18.3 Å². The average Bonchev–Trinajstić information content (AvgIpc) is 2.43. The lowest BCUT2D eigenvalue weighted by molar-refractivity contribution is -0.191. The van der Waals surface area contributed by atoms with E-state index in [0.717, 1.165) is 19.3 Å². The normalized spacial score (nSPS) is 38.3. The molecule has 2 aliphatic rings. The van der Waals surface area contributed by atoms with Crippen LogP contribution in [0.15, 0.2) is 12.7 Å². The second-order valence-corrected chi connectivity index (χ2v) is 6.54. The molecule has 0 N–H and O–H groups in total. The number of allylic oxidation sites excluding steroid dienone is 1. The molecular formula is C17H24O4. The van der Waals surface area contributed by atoms with Crippen molar-refractivity contribution in [1.82, 2.24) is 0 Å². The minimum Gasteiger partial charge on any atom is -0.300 e. The highest BCUT2D eigenvalue weighted by atomic mass is 16.2. The number of hydrogen-bond acceptors (Lipinski definition) is 4. The first-order valence-corrected chi connectivity index (χ1v) is 7.48. The highest BCUT2D eigenvalue weighted by Crippen LogP contribution is 2.55. The largest absolute Gasteiger partial charge is 0.373 e. The number of Topliss-reactive ketones (excluding diaryl/α,β-unsaturated/α-hetero) is 2. The second-order valence-electron chi connectivity index (χ2n) is 6.54. The first kappa shape index (κ1) is 17.5. The molecule has 0 aromatic carbocycles. The molecule has 0 aromatic rings. The van der Waals surface area contributed by atoms with E-state index in [4.69, 9.17) is 9.59 Å². The summed E-state index contributed by atoms with van der Waals surface area (Å²) in [6.45, 7) is 10.0. The molecule has 2 aliphatic carbocycles. The van der Waals surface area contributed by atoms with Gasteiger partial charge >= 0.3 is 6.15 Å². The molecule has 0 spiro atoms. The van der Waals surface area contributed by atoms with Gasteiger partial charge in [-0.15, -0.1) is 6.58 Å². The summed E-state index contributed by atoms with van der Waals surface area (Å²) in [4.78, 5) is 40.4. The summed E-state index contributed by atoms with van der Waals surface area (Å²) in [5, 5.41) is 0. The minimum atomic E-state index is 0.00910. The summed E-state index contributed by atoms with van der Waals surface area (Å²) in [7, 11) is 0. The van der Waals surface area contributed by atoms with Crippen molar-refractivity contribution < 1.29 is 19.2 Å². The smallest absolute Gasteiger partial charge is 0.300 e. The van der Waals surface area contributed by atoms with Gasteiger partial charge in [-0.3, -0.25) is 9.59 Å². The zero-order valence-corrected chi connectivity index (χ0v) is 13.1. The van der Waals surface area contributed by atoms with Gasteiger partial charge in [-0.2, -0.15) is 9.59 Å². The first-order valence-electron chi connectivity index (χ1n) is 7.48. The van der Waals surface area contributed by atoms with Crippen LogP contribution in [0.1, 0.15) is 46.5 Å². The van der Waals surface area contributed by atoms with Crippen molar-refractivity contribution in [1.29, 1.82) is 0 Å². The molecule has 0 saturated heterocycles. The molecule has 2 saturated carbocycles. The fourth-order valence-corrected chi connectivity index (χ4v) is 4.24. The van der Waals surface area contributed by atoms with E-state index in [1.165, 1.54) is 0 Å². The fourth-order valence-electron chi connectivity index (χ4n) is 4.24. The Bertz CT molecular complexity index is 461. The van der Waals surface area contributed by atoms with E-state index in [-0.39, 0.29) is 35.1 Å². The van der Waals surface area contributed by atoms with Gasteiger partial charge in [0.15, 0.2) is 0 Å². The van der Waals surface area contributed by atoms with Crippen LogP contribution < -0.4 is 0 Å². The van der Waals surface area contributed by atoms with Gasteiger partial charge in [0.2, 0.25) is 0 Å². The Morgan fingerprint density at radius 3 is 2.43 bits per heavy atom. The minimum absolute atomic E-state index is 0.00910. The van der Waals surface area contributed by atoms with Crippen LogP contribution >= 0.6 is 0 Å². The molecular weight excluding hydrogens is 268 g/mol. The van der Waals surface area contributed by atoms with Gasteiger partial charge in [0.05, 0.1) is 0 Å². The fraction of sp³-hybridized carbons (Fsp3) is 0.706. The van der Waals surface area contributed by atoms with Gasteiger partial charge in [-0.25, -0.2) is 0 Å². The van der Waals surface area contributed by atoms with Crippen molar-refractivity contribution in [2.24, 2.45) is 29.1 Å². The molecule has 21 heavy (non-hydrogen) atoms. The van der Waals surface area contributed by atoms with Gasteiger partial charge in [0.25, 0.3) is 0 Å². The molecule has 2 fully saturated rings. The van der Waals surface area contributed by atoms with Crippen molar-refractivity contribution >= 4 is 17.7 Å². The van der Waals surface area contributed by atoms with Gasteiger partial charge in [-0.1, -0.05) is 19.9 Å². The Hall–Kier alpha value is -1.54.